The largest absolute Gasteiger partial charge is 0.384 e. The number of halogens is 1. The van der Waals surface area contributed by atoms with Crippen LogP contribution in [0.2, 0.25) is 0 Å². The third-order valence-corrected chi connectivity index (χ3v) is 2.82. The lowest BCUT2D eigenvalue weighted by Crippen LogP contribution is -2.17. The van der Waals surface area contributed by atoms with Crippen molar-refractivity contribution in [1.29, 1.82) is 0 Å². The Hall–Kier alpha value is -0.870. The molecule has 0 radical (unpaired) electrons. The number of ether oxygens (including phenoxy) is 1. The minimum atomic E-state index is 0.0106. The van der Waals surface area contributed by atoms with Gasteiger partial charge in [0.15, 0.2) is 0 Å². The maximum Gasteiger partial charge on any atom is 0.224 e. The van der Waals surface area contributed by atoms with E-state index in [1.807, 2.05) is 31.2 Å². The molecule has 1 unspecified atom stereocenters. The third kappa shape index (κ3) is 4.33. The zero-order valence-electron chi connectivity index (χ0n) is 9.50. The molecule has 0 heterocycles. The summed E-state index contributed by atoms with van der Waals surface area (Å²) >= 11 is 3.38. The highest BCUT2D eigenvalue weighted by Gasteiger charge is 2.10. The van der Waals surface area contributed by atoms with Crippen LogP contribution < -0.4 is 5.32 Å². The molecule has 0 bridgehead atoms. The van der Waals surface area contributed by atoms with Gasteiger partial charge in [0.25, 0.3) is 0 Å². The van der Waals surface area contributed by atoms with Gasteiger partial charge in [-0.3, -0.25) is 4.79 Å². The van der Waals surface area contributed by atoms with Crippen LogP contribution >= 0.6 is 15.9 Å². The van der Waals surface area contributed by atoms with Crippen molar-refractivity contribution in [2.45, 2.75) is 13.3 Å². The molecule has 88 valence electrons. The minimum Gasteiger partial charge on any atom is -0.384 e. The zero-order chi connectivity index (χ0) is 12.0. The second kappa shape index (κ2) is 6.66. The lowest BCUT2D eigenvalue weighted by Gasteiger charge is -2.11. The molecule has 1 amide bonds. The van der Waals surface area contributed by atoms with Crippen molar-refractivity contribution in [3.05, 3.63) is 28.7 Å². The lowest BCUT2D eigenvalue weighted by atomic mass is 10.1. The molecule has 0 aliphatic heterocycles. The molecular weight excluding hydrogens is 270 g/mol. The maximum atomic E-state index is 11.7. The average Bonchev–Trinajstić information content (AvgIpc) is 2.21. The van der Waals surface area contributed by atoms with Crippen molar-refractivity contribution in [3.63, 3.8) is 0 Å². The molecule has 0 aliphatic rings. The van der Waals surface area contributed by atoms with Gasteiger partial charge >= 0.3 is 0 Å². The number of carbonyl (C=O) groups excluding carboxylic acids is 1. The van der Waals surface area contributed by atoms with Gasteiger partial charge in [0.2, 0.25) is 5.91 Å². The molecule has 0 saturated carbocycles. The van der Waals surface area contributed by atoms with E-state index in [0.717, 1.165) is 10.2 Å². The highest BCUT2D eigenvalue weighted by atomic mass is 79.9. The van der Waals surface area contributed by atoms with Crippen molar-refractivity contribution < 1.29 is 9.53 Å². The monoisotopic (exact) mass is 285 g/mol. The van der Waals surface area contributed by atoms with E-state index in [1.54, 1.807) is 7.11 Å². The van der Waals surface area contributed by atoms with Crippen molar-refractivity contribution in [2.24, 2.45) is 5.92 Å². The predicted molar refractivity (Wildman–Crippen MR) is 68.4 cm³/mol. The number of para-hydroxylation sites is 1. The molecule has 1 aromatic carbocycles. The zero-order valence-corrected chi connectivity index (χ0v) is 11.1. The summed E-state index contributed by atoms with van der Waals surface area (Å²) < 4.78 is 5.88. The van der Waals surface area contributed by atoms with Gasteiger partial charge in [0, 0.05) is 24.6 Å². The molecule has 1 N–H and O–H groups in total. The molecule has 1 aromatic rings. The highest BCUT2D eigenvalue weighted by Crippen LogP contribution is 2.21. The summed E-state index contributed by atoms with van der Waals surface area (Å²) in [6.07, 6.45) is 0.467. The van der Waals surface area contributed by atoms with Gasteiger partial charge in [-0.15, -0.1) is 0 Å². The van der Waals surface area contributed by atoms with Crippen LogP contribution in [0.15, 0.2) is 28.7 Å². The fraction of sp³-hybridized carbons (Fsp3) is 0.417. The Labute approximate surface area is 104 Å². The van der Waals surface area contributed by atoms with Crippen molar-refractivity contribution in [3.8, 4) is 0 Å². The quantitative estimate of drug-likeness (QED) is 0.903. The Bertz CT molecular complexity index is 355. The van der Waals surface area contributed by atoms with E-state index in [1.165, 1.54) is 0 Å². The molecule has 1 rings (SSSR count). The van der Waals surface area contributed by atoms with Gasteiger partial charge in [0.1, 0.15) is 0 Å². The van der Waals surface area contributed by atoms with Gasteiger partial charge in [0.05, 0.1) is 5.69 Å². The molecule has 3 nitrogen and oxygen atoms in total. The van der Waals surface area contributed by atoms with Gasteiger partial charge < -0.3 is 10.1 Å². The fourth-order valence-corrected chi connectivity index (χ4v) is 1.81. The summed E-state index contributed by atoms with van der Waals surface area (Å²) in [5.41, 5.74) is 0.803. The number of amides is 1. The van der Waals surface area contributed by atoms with E-state index in [-0.39, 0.29) is 11.8 Å². The summed E-state index contributed by atoms with van der Waals surface area (Å²) in [4.78, 5) is 11.7. The lowest BCUT2D eigenvalue weighted by molar-refractivity contribution is -0.117. The van der Waals surface area contributed by atoms with Crippen LogP contribution in [0, 0.1) is 5.92 Å². The molecule has 0 aromatic heterocycles. The molecular formula is C12H16BrNO2. The first-order chi connectivity index (χ1) is 7.63. The second-order valence-electron chi connectivity index (χ2n) is 3.79. The van der Waals surface area contributed by atoms with Crippen LogP contribution in [0.5, 0.6) is 0 Å². The van der Waals surface area contributed by atoms with Crippen LogP contribution in [0.3, 0.4) is 0 Å². The summed E-state index contributed by atoms with van der Waals surface area (Å²) in [6.45, 7) is 2.59. The Morgan fingerprint density at radius 2 is 2.19 bits per heavy atom. The van der Waals surface area contributed by atoms with Crippen molar-refractivity contribution >= 4 is 27.5 Å². The fourth-order valence-electron chi connectivity index (χ4n) is 1.42. The van der Waals surface area contributed by atoms with E-state index < -0.39 is 0 Å². The summed E-state index contributed by atoms with van der Waals surface area (Å²) in [5.74, 6) is 0.240. The number of anilines is 1. The summed E-state index contributed by atoms with van der Waals surface area (Å²) in [6, 6.07) is 7.56. The molecule has 1 atom stereocenters. The molecule has 4 heteroatoms. The normalized spacial score (nSPS) is 12.2. The molecule has 0 aliphatic carbocycles. The van der Waals surface area contributed by atoms with Gasteiger partial charge in [-0.25, -0.2) is 0 Å². The van der Waals surface area contributed by atoms with Crippen LogP contribution in [-0.4, -0.2) is 19.6 Å². The average molecular weight is 286 g/mol. The molecule has 0 spiro atoms. The van der Waals surface area contributed by atoms with E-state index in [0.29, 0.717) is 13.0 Å². The first kappa shape index (κ1) is 13.2. The first-order valence-corrected chi connectivity index (χ1v) is 5.96. The number of rotatable bonds is 5. The van der Waals surface area contributed by atoms with E-state index in [4.69, 9.17) is 4.74 Å². The molecule has 0 fully saturated rings. The Kier molecular flexibility index (Phi) is 5.49. The second-order valence-corrected chi connectivity index (χ2v) is 4.65. The molecule has 0 saturated heterocycles. The number of hydrogen-bond acceptors (Lipinski definition) is 2. The van der Waals surface area contributed by atoms with E-state index in [9.17, 15) is 4.79 Å². The van der Waals surface area contributed by atoms with Gasteiger partial charge in [-0.2, -0.15) is 0 Å². The number of methoxy groups -OCH3 is 1. The van der Waals surface area contributed by atoms with Crippen molar-refractivity contribution in [1.82, 2.24) is 0 Å². The predicted octanol–water partition coefficient (Wildman–Crippen LogP) is 3.06. The van der Waals surface area contributed by atoms with E-state index in [2.05, 4.69) is 21.2 Å². The standard InChI is InChI=1S/C12H16BrNO2/c1-9(8-16-2)7-12(15)14-11-6-4-3-5-10(11)13/h3-6,9H,7-8H2,1-2H3,(H,14,15). The number of hydrogen-bond donors (Lipinski definition) is 1. The van der Waals surface area contributed by atoms with Crippen LogP contribution in [-0.2, 0) is 9.53 Å². The minimum absolute atomic E-state index is 0.0106. The number of nitrogens with one attached hydrogen (secondary N) is 1. The number of carbonyl (C=O) groups is 1. The Balaban J connectivity index is 2.49. The topological polar surface area (TPSA) is 38.3 Å². The first-order valence-electron chi connectivity index (χ1n) is 5.16. The molecule has 16 heavy (non-hydrogen) atoms. The van der Waals surface area contributed by atoms with Crippen LogP contribution in [0.1, 0.15) is 13.3 Å². The van der Waals surface area contributed by atoms with Crippen molar-refractivity contribution in [2.75, 3.05) is 19.0 Å². The Morgan fingerprint density at radius 3 is 2.81 bits per heavy atom. The summed E-state index contributed by atoms with van der Waals surface area (Å²) in [5, 5.41) is 2.86. The van der Waals surface area contributed by atoms with Gasteiger partial charge in [-0.1, -0.05) is 19.1 Å². The maximum absolute atomic E-state index is 11.7. The highest BCUT2D eigenvalue weighted by molar-refractivity contribution is 9.10. The summed E-state index contributed by atoms with van der Waals surface area (Å²) in [7, 11) is 1.64. The van der Waals surface area contributed by atoms with E-state index >= 15 is 0 Å². The van der Waals surface area contributed by atoms with Crippen LogP contribution in [0.25, 0.3) is 0 Å². The Morgan fingerprint density at radius 1 is 1.50 bits per heavy atom. The smallest absolute Gasteiger partial charge is 0.224 e. The number of benzene rings is 1. The van der Waals surface area contributed by atoms with Crippen LogP contribution in [0.4, 0.5) is 5.69 Å². The third-order valence-electron chi connectivity index (χ3n) is 2.13. The SMILES string of the molecule is COCC(C)CC(=O)Nc1ccccc1Br. The van der Waals surface area contributed by atoms with Gasteiger partial charge in [-0.05, 0) is 34.0 Å².